The minimum absolute atomic E-state index is 0.0667. The van der Waals surface area contributed by atoms with E-state index in [9.17, 15) is 8.42 Å². The number of rotatable bonds is 5. The molecule has 0 atom stereocenters. The van der Waals surface area contributed by atoms with Crippen molar-refractivity contribution in [1.29, 1.82) is 0 Å². The molecule has 0 aliphatic heterocycles. The molecule has 0 heterocycles. The van der Waals surface area contributed by atoms with Gasteiger partial charge in [-0.3, -0.25) is 0 Å². The van der Waals surface area contributed by atoms with E-state index in [1.54, 1.807) is 18.2 Å². The molecular formula is C12H18BrNO2S. The van der Waals surface area contributed by atoms with E-state index in [2.05, 4.69) is 15.9 Å². The Bertz CT molecular complexity index is 483. The Morgan fingerprint density at radius 3 is 2.53 bits per heavy atom. The Balaban J connectivity index is 2.73. The van der Waals surface area contributed by atoms with Crippen molar-refractivity contribution in [3.8, 4) is 0 Å². The predicted octanol–water partition coefficient (Wildman–Crippen LogP) is 2.99. The molecule has 0 aliphatic rings. The topological polar surface area (TPSA) is 60.2 Å². The third-order valence-electron chi connectivity index (χ3n) is 2.45. The molecule has 5 heteroatoms. The maximum absolute atomic E-state index is 11.8. The van der Waals surface area contributed by atoms with Crippen molar-refractivity contribution in [3.63, 3.8) is 0 Å². The summed E-state index contributed by atoms with van der Waals surface area (Å²) in [5, 5.41) is 0. The lowest BCUT2D eigenvalue weighted by atomic mass is 10.2. The van der Waals surface area contributed by atoms with E-state index in [1.807, 2.05) is 13.8 Å². The van der Waals surface area contributed by atoms with Gasteiger partial charge in [-0.15, -0.1) is 0 Å². The number of halogens is 1. The third-order valence-corrected chi connectivity index (χ3v) is 4.81. The SMILES string of the molecule is CC(C)CCS(=O)(=O)Cc1ccc(Br)c(N)c1. The highest BCUT2D eigenvalue weighted by Gasteiger charge is 2.13. The molecule has 0 amide bonds. The molecule has 0 unspecified atom stereocenters. The van der Waals surface area contributed by atoms with Gasteiger partial charge in [0.15, 0.2) is 9.84 Å². The van der Waals surface area contributed by atoms with E-state index in [4.69, 9.17) is 5.73 Å². The molecule has 0 bridgehead atoms. The largest absolute Gasteiger partial charge is 0.398 e. The molecule has 3 nitrogen and oxygen atoms in total. The highest BCUT2D eigenvalue weighted by Crippen LogP contribution is 2.21. The van der Waals surface area contributed by atoms with Crippen molar-refractivity contribution in [2.75, 3.05) is 11.5 Å². The first-order valence-corrected chi connectivity index (χ1v) is 8.16. The van der Waals surface area contributed by atoms with Crippen LogP contribution in [0.3, 0.4) is 0 Å². The van der Waals surface area contributed by atoms with Crippen molar-refractivity contribution >= 4 is 31.5 Å². The minimum atomic E-state index is -3.03. The average molecular weight is 320 g/mol. The van der Waals surface area contributed by atoms with E-state index < -0.39 is 9.84 Å². The van der Waals surface area contributed by atoms with Gasteiger partial charge in [-0.1, -0.05) is 19.9 Å². The highest BCUT2D eigenvalue weighted by atomic mass is 79.9. The lowest BCUT2D eigenvalue weighted by molar-refractivity contribution is 0.573. The number of hydrogen-bond acceptors (Lipinski definition) is 3. The molecule has 0 saturated carbocycles. The summed E-state index contributed by atoms with van der Waals surface area (Å²) in [6, 6.07) is 5.27. The lowest BCUT2D eigenvalue weighted by Crippen LogP contribution is -2.11. The molecule has 0 aromatic heterocycles. The van der Waals surface area contributed by atoms with Crippen LogP contribution in [0.5, 0.6) is 0 Å². The summed E-state index contributed by atoms with van der Waals surface area (Å²) in [6.45, 7) is 4.04. The molecule has 0 radical (unpaired) electrons. The van der Waals surface area contributed by atoms with Crippen LogP contribution in [0, 0.1) is 5.92 Å². The zero-order valence-electron chi connectivity index (χ0n) is 10.1. The molecule has 96 valence electrons. The monoisotopic (exact) mass is 319 g/mol. The van der Waals surface area contributed by atoms with Gasteiger partial charge in [-0.2, -0.15) is 0 Å². The second-order valence-corrected chi connectivity index (χ2v) is 7.67. The van der Waals surface area contributed by atoms with Crippen molar-refractivity contribution in [1.82, 2.24) is 0 Å². The Hall–Kier alpha value is -0.550. The van der Waals surface area contributed by atoms with E-state index in [0.29, 0.717) is 18.0 Å². The maximum atomic E-state index is 11.8. The first kappa shape index (κ1) is 14.5. The smallest absolute Gasteiger partial charge is 0.154 e. The maximum Gasteiger partial charge on any atom is 0.154 e. The van der Waals surface area contributed by atoms with Gasteiger partial charge >= 0.3 is 0 Å². The standard InChI is InChI=1S/C12H18BrNO2S/c1-9(2)5-6-17(15,16)8-10-3-4-11(13)12(14)7-10/h3-4,7,9H,5-6,8,14H2,1-2H3. The second-order valence-electron chi connectivity index (χ2n) is 4.63. The average Bonchev–Trinajstić information content (AvgIpc) is 2.21. The van der Waals surface area contributed by atoms with Gasteiger partial charge in [0.05, 0.1) is 11.5 Å². The van der Waals surface area contributed by atoms with Gasteiger partial charge in [0, 0.05) is 10.2 Å². The summed E-state index contributed by atoms with van der Waals surface area (Å²) >= 11 is 3.28. The van der Waals surface area contributed by atoms with Crippen LogP contribution in [-0.2, 0) is 15.6 Å². The lowest BCUT2D eigenvalue weighted by Gasteiger charge is -2.07. The summed E-state index contributed by atoms with van der Waals surface area (Å²) in [5.41, 5.74) is 7.04. The fraction of sp³-hybridized carbons (Fsp3) is 0.500. The molecule has 1 rings (SSSR count). The van der Waals surface area contributed by atoms with Crippen LogP contribution < -0.4 is 5.73 Å². The van der Waals surface area contributed by atoms with Crippen LogP contribution in [0.2, 0.25) is 0 Å². The fourth-order valence-electron chi connectivity index (χ4n) is 1.42. The van der Waals surface area contributed by atoms with Gasteiger partial charge in [0.1, 0.15) is 0 Å². The molecule has 17 heavy (non-hydrogen) atoms. The first-order valence-electron chi connectivity index (χ1n) is 5.54. The van der Waals surface area contributed by atoms with E-state index in [0.717, 1.165) is 10.0 Å². The number of anilines is 1. The van der Waals surface area contributed by atoms with Crippen LogP contribution >= 0.6 is 15.9 Å². The molecule has 1 aromatic carbocycles. The fourth-order valence-corrected chi connectivity index (χ4v) is 3.33. The number of sulfone groups is 1. The Morgan fingerprint density at radius 1 is 1.35 bits per heavy atom. The summed E-state index contributed by atoms with van der Waals surface area (Å²) in [4.78, 5) is 0. The predicted molar refractivity (Wildman–Crippen MR) is 75.5 cm³/mol. The molecular weight excluding hydrogens is 302 g/mol. The van der Waals surface area contributed by atoms with Gasteiger partial charge in [-0.25, -0.2) is 8.42 Å². The highest BCUT2D eigenvalue weighted by molar-refractivity contribution is 9.10. The van der Waals surface area contributed by atoms with Crippen LogP contribution in [0.15, 0.2) is 22.7 Å². The Kier molecular flexibility index (Phi) is 5.01. The van der Waals surface area contributed by atoms with Crippen LogP contribution in [0.1, 0.15) is 25.8 Å². The molecule has 0 saturated heterocycles. The van der Waals surface area contributed by atoms with Gasteiger partial charge in [-0.05, 0) is 46.0 Å². The molecule has 1 aromatic rings. The van der Waals surface area contributed by atoms with Crippen molar-refractivity contribution in [2.24, 2.45) is 5.92 Å². The minimum Gasteiger partial charge on any atom is -0.398 e. The molecule has 0 spiro atoms. The number of nitrogens with two attached hydrogens (primary N) is 1. The molecule has 2 N–H and O–H groups in total. The van der Waals surface area contributed by atoms with Crippen molar-refractivity contribution in [2.45, 2.75) is 26.0 Å². The zero-order chi connectivity index (χ0) is 13.1. The summed E-state index contributed by atoms with van der Waals surface area (Å²) in [7, 11) is -3.03. The number of hydrogen-bond donors (Lipinski definition) is 1. The molecule has 0 fully saturated rings. The van der Waals surface area contributed by atoms with E-state index in [1.165, 1.54) is 0 Å². The first-order chi connectivity index (χ1) is 7.80. The van der Waals surface area contributed by atoms with Gasteiger partial charge < -0.3 is 5.73 Å². The summed E-state index contributed by atoms with van der Waals surface area (Å²) in [6.07, 6.45) is 0.703. The second kappa shape index (κ2) is 5.87. The van der Waals surface area contributed by atoms with Crippen LogP contribution in [0.4, 0.5) is 5.69 Å². The summed E-state index contributed by atoms with van der Waals surface area (Å²) in [5.74, 6) is 0.706. The van der Waals surface area contributed by atoms with E-state index in [-0.39, 0.29) is 11.5 Å². The van der Waals surface area contributed by atoms with Crippen LogP contribution in [0.25, 0.3) is 0 Å². The normalized spacial score (nSPS) is 12.0. The third kappa shape index (κ3) is 5.08. The van der Waals surface area contributed by atoms with Gasteiger partial charge in [0.2, 0.25) is 0 Å². The van der Waals surface area contributed by atoms with Crippen molar-refractivity contribution in [3.05, 3.63) is 28.2 Å². The zero-order valence-corrected chi connectivity index (χ0v) is 12.5. The van der Waals surface area contributed by atoms with Crippen LogP contribution in [-0.4, -0.2) is 14.2 Å². The molecule has 0 aliphatic carbocycles. The number of nitrogen functional groups attached to an aromatic ring is 1. The Morgan fingerprint density at radius 2 is 2.00 bits per heavy atom. The van der Waals surface area contributed by atoms with Gasteiger partial charge in [0.25, 0.3) is 0 Å². The number of benzene rings is 1. The van der Waals surface area contributed by atoms with Crippen molar-refractivity contribution < 1.29 is 8.42 Å². The summed E-state index contributed by atoms with van der Waals surface area (Å²) < 4.78 is 24.5. The quantitative estimate of drug-likeness (QED) is 0.849. The Labute approximate surface area is 111 Å². The van der Waals surface area contributed by atoms with E-state index >= 15 is 0 Å².